The lowest BCUT2D eigenvalue weighted by Crippen LogP contribution is -2.29. The predicted molar refractivity (Wildman–Crippen MR) is 76.6 cm³/mol. The third-order valence-corrected chi connectivity index (χ3v) is 3.38. The van der Waals surface area contributed by atoms with Crippen LogP contribution >= 0.6 is 0 Å². The molecule has 108 valence electrons. The number of hydrogen-bond acceptors (Lipinski definition) is 5. The largest absolute Gasteiger partial charge is 0.480 e. The Morgan fingerprint density at radius 1 is 1.50 bits per heavy atom. The first-order valence-electron chi connectivity index (χ1n) is 6.74. The first-order valence-corrected chi connectivity index (χ1v) is 6.74. The Hall–Kier alpha value is -1.95. The molecule has 0 amide bonds. The van der Waals surface area contributed by atoms with Gasteiger partial charge in [0.1, 0.15) is 6.54 Å². The van der Waals surface area contributed by atoms with E-state index in [1.807, 2.05) is 0 Å². The summed E-state index contributed by atoms with van der Waals surface area (Å²) in [5.41, 5.74) is 1.04. The van der Waals surface area contributed by atoms with Crippen molar-refractivity contribution >= 4 is 11.9 Å². The van der Waals surface area contributed by atoms with Gasteiger partial charge in [-0.15, -0.1) is 0 Å². The maximum Gasteiger partial charge on any atom is 0.323 e. The van der Waals surface area contributed by atoms with Crippen LogP contribution in [-0.4, -0.2) is 52.1 Å². The van der Waals surface area contributed by atoms with Crippen molar-refractivity contribution in [3.8, 4) is 0 Å². The van der Waals surface area contributed by atoms with Crippen molar-refractivity contribution in [1.29, 1.82) is 0 Å². The summed E-state index contributed by atoms with van der Waals surface area (Å²) in [6.45, 7) is 3.84. The number of carboxylic acids is 1. The molecule has 1 N–H and O–H groups in total. The van der Waals surface area contributed by atoms with E-state index in [2.05, 4.69) is 33.9 Å². The highest BCUT2D eigenvalue weighted by atomic mass is 16.4. The Morgan fingerprint density at radius 2 is 2.20 bits per heavy atom. The number of rotatable bonds is 6. The van der Waals surface area contributed by atoms with Gasteiger partial charge in [0.15, 0.2) is 0 Å². The zero-order chi connectivity index (χ0) is 14.5. The van der Waals surface area contributed by atoms with Gasteiger partial charge < -0.3 is 10.0 Å². The van der Waals surface area contributed by atoms with Gasteiger partial charge in [-0.25, -0.2) is 9.97 Å². The van der Waals surface area contributed by atoms with E-state index in [4.69, 9.17) is 5.11 Å². The Labute approximate surface area is 118 Å². The van der Waals surface area contributed by atoms with Gasteiger partial charge in [0, 0.05) is 44.1 Å². The van der Waals surface area contributed by atoms with Crippen molar-refractivity contribution < 1.29 is 9.90 Å². The standard InChI is InChI=1S/C14H20N4O2/c1-3-12-5-4-6-18(12)9-11-7-15-14(16-8-11)17(2)10-13(19)20/h4-5,7-8,12H,3,6,9-10H2,1-2H3,(H,19,20)/t12-/m1/s1. The van der Waals surface area contributed by atoms with Crippen LogP contribution in [0.2, 0.25) is 0 Å². The predicted octanol–water partition coefficient (Wildman–Crippen LogP) is 1.15. The van der Waals surface area contributed by atoms with E-state index < -0.39 is 5.97 Å². The summed E-state index contributed by atoms with van der Waals surface area (Å²) in [7, 11) is 1.67. The third kappa shape index (κ3) is 3.54. The minimum atomic E-state index is -0.894. The van der Waals surface area contributed by atoms with Crippen LogP contribution in [0.15, 0.2) is 24.5 Å². The highest BCUT2D eigenvalue weighted by Crippen LogP contribution is 2.16. The van der Waals surface area contributed by atoms with Crippen LogP contribution in [0.4, 0.5) is 5.95 Å². The molecule has 0 bridgehead atoms. The number of nitrogens with zero attached hydrogens (tertiary/aromatic N) is 4. The molecule has 0 aliphatic carbocycles. The molecule has 0 spiro atoms. The Bertz CT molecular complexity index is 486. The fourth-order valence-electron chi connectivity index (χ4n) is 2.32. The molecule has 6 nitrogen and oxygen atoms in total. The van der Waals surface area contributed by atoms with Crippen LogP contribution in [-0.2, 0) is 11.3 Å². The molecule has 1 atom stereocenters. The molecule has 0 radical (unpaired) electrons. The van der Waals surface area contributed by atoms with Gasteiger partial charge in [-0.3, -0.25) is 9.69 Å². The maximum absolute atomic E-state index is 10.6. The fourth-order valence-corrected chi connectivity index (χ4v) is 2.32. The summed E-state index contributed by atoms with van der Waals surface area (Å²) < 4.78 is 0. The first kappa shape index (κ1) is 14.5. The van der Waals surface area contributed by atoms with Crippen molar-refractivity contribution in [2.75, 3.05) is 25.0 Å². The van der Waals surface area contributed by atoms with E-state index in [1.54, 1.807) is 19.4 Å². The van der Waals surface area contributed by atoms with Gasteiger partial charge >= 0.3 is 5.97 Å². The number of anilines is 1. The minimum Gasteiger partial charge on any atom is -0.480 e. The summed E-state index contributed by atoms with van der Waals surface area (Å²) in [6, 6.07) is 0.490. The van der Waals surface area contributed by atoms with Crippen molar-refractivity contribution in [1.82, 2.24) is 14.9 Å². The summed E-state index contributed by atoms with van der Waals surface area (Å²) in [5.74, 6) is -0.461. The van der Waals surface area contributed by atoms with Crippen molar-refractivity contribution in [2.24, 2.45) is 0 Å². The second-order valence-electron chi connectivity index (χ2n) is 4.97. The SMILES string of the molecule is CC[C@@H]1C=CCN1Cc1cnc(N(C)CC(=O)O)nc1. The highest BCUT2D eigenvalue weighted by Gasteiger charge is 2.18. The lowest BCUT2D eigenvalue weighted by molar-refractivity contribution is -0.135. The molecular formula is C14H20N4O2. The molecule has 0 fully saturated rings. The Kier molecular flexibility index (Phi) is 4.68. The van der Waals surface area contributed by atoms with Gasteiger partial charge in [-0.1, -0.05) is 19.1 Å². The number of hydrogen-bond donors (Lipinski definition) is 1. The summed E-state index contributed by atoms with van der Waals surface area (Å²) >= 11 is 0. The quantitative estimate of drug-likeness (QED) is 0.786. The lowest BCUT2D eigenvalue weighted by Gasteiger charge is -2.23. The molecule has 1 aromatic rings. The molecule has 0 unspecified atom stereocenters. The van der Waals surface area contributed by atoms with Crippen LogP contribution in [0, 0.1) is 0 Å². The molecule has 0 aromatic carbocycles. The van der Waals surface area contributed by atoms with Gasteiger partial charge in [-0.05, 0) is 6.42 Å². The highest BCUT2D eigenvalue weighted by molar-refractivity contribution is 5.72. The molecule has 20 heavy (non-hydrogen) atoms. The minimum absolute atomic E-state index is 0.104. The molecule has 2 rings (SSSR count). The van der Waals surface area contributed by atoms with E-state index in [0.29, 0.717) is 12.0 Å². The molecule has 0 saturated heterocycles. The second-order valence-corrected chi connectivity index (χ2v) is 4.97. The van der Waals surface area contributed by atoms with Crippen LogP contribution in [0.25, 0.3) is 0 Å². The normalized spacial score (nSPS) is 18.4. The molecule has 1 aliphatic rings. The van der Waals surface area contributed by atoms with Gasteiger partial charge in [0.05, 0.1) is 0 Å². The summed E-state index contributed by atoms with van der Waals surface area (Å²) in [4.78, 5) is 23.0. The molecule has 6 heteroatoms. The molecule has 2 heterocycles. The van der Waals surface area contributed by atoms with E-state index in [0.717, 1.165) is 25.1 Å². The zero-order valence-electron chi connectivity index (χ0n) is 11.9. The van der Waals surface area contributed by atoms with Gasteiger partial charge in [0.25, 0.3) is 0 Å². The number of aliphatic carboxylic acids is 1. The van der Waals surface area contributed by atoms with Crippen LogP contribution in [0.1, 0.15) is 18.9 Å². The number of likely N-dealkylation sites (N-methyl/N-ethyl adjacent to an activating group) is 1. The average molecular weight is 276 g/mol. The molecule has 1 aliphatic heterocycles. The Balaban J connectivity index is 1.96. The molecule has 1 aromatic heterocycles. The smallest absolute Gasteiger partial charge is 0.323 e. The number of aromatic nitrogens is 2. The van der Waals surface area contributed by atoms with E-state index in [-0.39, 0.29) is 6.54 Å². The molecule has 0 saturated carbocycles. The lowest BCUT2D eigenvalue weighted by atomic mass is 10.2. The average Bonchev–Trinajstić information content (AvgIpc) is 2.86. The summed E-state index contributed by atoms with van der Waals surface area (Å²) in [6.07, 6.45) is 9.05. The number of carboxylic acid groups (broad SMARTS) is 1. The molecular weight excluding hydrogens is 256 g/mol. The maximum atomic E-state index is 10.6. The first-order chi connectivity index (χ1) is 9.60. The van der Waals surface area contributed by atoms with Crippen LogP contribution < -0.4 is 4.90 Å². The van der Waals surface area contributed by atoms with Crippen LogP contribution in [0.3, 0.4) is 0 Å². The van der Waals surface area contributed by atoms with Gasteiger partial charge in [-0.2, -0.15) is 0 Å². The monoisotopic (exact) mass is 276 g/mol. The third-order valence-electron chi connectivity index (χ3n) is 3.38. The summed E-state index contributed by atoms with van der Waals surface area (Å²) in [5, 5.41) is 8.73. The topological polar surface area (TPSA) is 69.6 Å². The Morgan fingerprint density at radius 3 is 2.80 bits per heavy atom. The van der Waals surface area contributed by atoms with E-state index >= 15 is 0 Å². The number of carbonyl (C=O) groups is 1. The van der Waals surface area contributed by atoms with E-state index in [1.165, 1.54) is 4.90 Å². The van der Waals surface area contributed by atoms with E-state index in [9.17, 15) is 4.79 Å². The van der Waals surface area contributed by atoms with Crippen molar-refractivity contribution in [2.45, 2.75) is 25.9 Å². The zero-order valence-corrected chi connectivity index (χ0v) is 11.9. The van der Waals surface area contributed by atoms with Crippen molar-refractivity contribution in [3.05, 3.63) is 30.1 Å². The van der Waals surface area contributed by atoms with Crippen molar-refractivity contribution in [3.63, 3.8) is 0 Å². The van der Waals surface area contributed by atoms with Crippen LogP contribution in [0.5, 0.6) is 0 Å². The second kappa shape index (κ2) is 6.47. The fraction of sp³-hybridized carbons (Fsp3) is 0.500. The van der Waals surface area contributed by atoms with Gasteiger partial charge in [0.2, 0.25) is 5.95 Å².